The molecule has 6 heteroatoms. The standard InChI is InChI=1S/C18H15FN4O/c1-12-9-17(23-18(21-12)14-3-2-7-20-11-14)22-16-10-13(6-8-24)4-5-15(16)19/h2-5,7-11H,6H2,1H3,(H,21,22,23). The Bertz CT molecular complexity index is 868. The number of benzene rings is 1. The molecule has 120 valence electrons. The molecule has 0 aliphatic heterocycles. The van der Waals surface area contributed by atoms with Gasteiger partial charge in [0.05, 0.1) is 5.69 Å². The second kappa shape index (κ2) is 6.95. The molecule has 2 aromatic heterocycles. The fraction of sp³-hybridized carbons (Fsp3) is 0.111. The average molecular weight is 322 g/mol. The molecule has 0 aliphatic carbocycles. The minimum Gasteiger partial charge on any atom is -0.338 e. The number of aldehydes is 1. The monoisotopic (exact) mass is 322 g/mol. The quantitative estimate of drug-likeness (QED) is 0.729. The van der Waals surface area contributed by atoms with Crippen molar-refractivity contribution < 1.29 is 9.18 Å². The van der Waals surface area contributed by atoms with E-state index >= 15 is 0 Å². The van der Waals surface area contributed by atoms with Crippen molar-refractivity contribution >= 4 is 17.8 Å². The molecule has 0 amide bonds. The number of rotatable bonds is 5. The number of anilines is 2. The van der Waals surface area contributed by atoms with Crippen LogP contribution < -0.4 is 5.32 Å². The maximum absolute atomic E-state index is 14.0. The average Bonchev–Trinajstić information content (AvgIpc) is 2.58. The molecular formula is C18H15FN4O. The summed E-state index contributed by atoms with van der Waals surface area (Å²) in [5, 5.41) is 2.96. The first-order chi connectivity index (χ1) is 11.7. The zero-order valence-electron chi connectivity index (χ0n) is 13.0. The van der Waals surface area contributed by atoms with Crippen LogP contribution in [0.5, 0.6) is 0 Å². The highest BCUT2D eigenvalue weighted by Gasteiger charge is 2.08. The molecule has 0 radical (unpaired) electrons. The van der Waals surface area contributed by atoms with Crippen LogP contribution in [0.15, 0.2) is 48.8 Å². The van der Waals surface area contributed by atoms with E-state index in [1.807, 2.05) is 13.0 Å². The fourth-order valence-electron chi connectivity index (χ4n) is 2.29. The molecule has 3 aromatic rings. The van der Waals surface area contributed by atoms with Gasteiger partial charge in [-0.25, -0.2) is 14.4 Å². The summed E-state index contributed by atoms with van der Waals surface area (Å²) in [5.74, 6) is 0.572. The molecule has 0 spiro atoms. The first kappa shape index (κ1) is 15.7. The van der Waals surface area contributed by atoms with Gasteiger partial charge in [0.15, 0.2) is 5.82 Å². The third-order valence-electron chi connectivity index (χ3n) is 3.39. The van der Waals surface area contributed by atoms with Crippen LogP contribution in [0.2, 0.25) is 0 Å². The second-order valence-electron chi connectivity index (χ2n) is 5.27. The van der Waals surface area contributed by atoms with E-state index in [2.05, 4.69) is 20.3 Å². The van der Waals surface area contributed by atoms with Crippen molar-refractivity contribution in [2.24, 2.45) is 0 Å². The summed E-state index contributed by atoms with van der Waals surface area (Å²) in [7, 11) is 0. The number of nitrogens with one attached hydrogen (secondary N) is 1. The van der Waals surface area contributed by atoms with Gasteiger partial charge in [0.25, 0.3) is 0 Å². The fourth-order valence-corrected chi connectivity index (χ4v) is 2.29. The van der Waals surface area contributed by atoms with E-state index in [0.29, 0.717) is 11.6 Å². The summed E-state index contributed by atoms with van der Waals surface area (Å²) in [4.78, 5) is 23.5. The lowest BCUT2D eigenvalue weighted by Crippen LogP contribution is -2.01. The van der Waals surface area contributed by atoms with Gasteiger partial charge in [-0.05, 0) is 36.8 Å². The van der Waals surface area contributed by atoms with Crippen LogP contribution in [0.1, 0.15) is 11.3 Å². The van der Waals surface area contributed by atoms with E-state index in [9.17, 15) is 9.18 Å². The Morgan fingerprint density at radius 3 is 2.83 bits per heavy atom. The lowest BCUT2D eigenvalue weighted by Gasteiger charge is -2.10. The van der Waals surface area contributed by atoms with Gasteiger partial charge in [-0.2, -0.15) is 0 Å². The summed E-state index contributed by atoms with van der Waals surface area (Å²) in [6.45, 7) is 1.84. The van der Waals surface area contributed by atoms with Crippen molar-refractivity contribution in [3.63, 3.8) is 0 Å². The Kier molecular flexibility index (Phi) is 4.56. The number of carbonyl (C=O) groups is 1. The zero-order valence-corrected chi connectivity index (χ0v) is 13.0. The number of nitrogens with zero attached hydrogens (tertiary/aromatic N) is 3. The molecule has 0 fully saturated rings. The van der Waals surface area contributed by atoms with Crippen molar-refractivity contribution in [1.29, 1.82) is 0 Å². The topological polar surface area (TPSA) is 67.8 Å². The van der Waals surface area contributed by atoms with Gasteiger partial charge in [-0.1, -0.05) is 6.07 Å². The highest BCUT2D eigenvalue weighted by Crippen LogP contribution is 2.23. The number of pyridine rings is 1. The van der Waals surface area contributed by atoms with Crippen molar-refractivity contribution in [2.45, 2.75) is 13.3 Å². The molecule has 0 saturated heterocycles. The molecule has 1 N–H and O–H groups in total. The number of hydrogen-bond donors (Lipinski definition) is 1. The van der Waals surface area contributed by atoms with Crippen LogP contribution in [-0.2, 0) is 11.2 Å². The molecule has 0 unspecified atom stereocenters. The van der Waals surface area contributed by atoms with Crippen molar-refractivity contribution in [2.75, 3.05) is 5.32 Å². The summed E-state index contributed by atoms with van der Waals surface area (Å²) in [6.07, 6.45) is 4.36. The molecule has 0 saturated carbocycles. The molecule has 5 nitrogen and oxygen atoms in total. The molecule has 0 aliphatic rings. The molecule has 24 heavy (non-hydrogen) atoms. The third-order valence-corrected chi connectivity index (χ3v) is 3.39. The van der Waals surface area contributed by atoms with Crippen molar-refractivity contribution in [1.82, 2.24) is 15.0 Å². The predicted octanol–water partition coefficient (Wildman–Crippen LogP) is 3.47. The van der Waals surface area contributed by atoms with Crippen molar-refractivity contribution in [3.05, 3.63) is 65.9 Å². The molecule has 0 atom stereocenters. The van der Waals surface area contributed by atoms with Gasteiger partial charge in [-0.3, -0.25) is 4.98 Å². The lowest BCUT2D eigenvalue weighted by atomic mass is 10.1. The maximum Gasteiger partial charge on any atom is 0.163 e. The minimum absolute atomic E-state index is 0.235. The van der Waals surface area contributed by atoms with E-state index in [1.165, 1.54) is 6.07 Å². The van der Waals surface area contributed by atoms with Crippen LogP contribution in [0.4, 0.5) is 15.9 Å². The molecule has 3 rings (SSSR count). The number of hydrogen-bond acceptors (Lipinski definition) is 5. The lowest BCUT2D eigenvalue weighted by molar-refractivity contribution is -0.107. The smallest absolute Gasteiger partial charge is 0.163 e. The van der Waals surface area contributed by atoms with Crippen molar-refractivity contribution in [3.8, 4) is 11.4 Å². The van der Waals surface area contributed by atoms with E-state index in [1.54, 1.807) is 36.7 Å². The first-order valence-corrected chi connectivity index (χ1v) is 7.41. The van der Waals surface area contributed by atoms with Gasteiger partial charge in [-0.15, -0.1) is 0 Å². The zero-order chi connectivity index (χ0) is 16.9. The third kappa shape index (κ3) is 3.60. The van der Waals surface area contributed by atoms with E-state index in [0.717, 1.165) is 23.1 Å². The Balaban J connectivity index is 1.95. The SMILES string of the molecule is Cc1cc(Nc2cc(CC=O)ccc2F)nc(-c2cccnc2)n1. The summed E-state index contributed by atoms with van der Waals surface area (Å²) in [6, 6.07) is 9.91. The Morgan fingerprint density at radius 1 is 1.21 bits per heavy atom. The van der Waals surface area contributed by atoms with Crippen LogP contribution in [0, 0.1) is 12.7 Å². The van der Waals surface area contributed by atoms with Crippen LogP contribution in [0.3, 0.4) is 0 Å². The highest BCUT2D eigenvalue weighted by atomic mass is 19.1. The number of halogens is 1. The van der Waals surface area contributed by atoms with Crippen LogP contribution in [0.25, 0.3) is 11.4 Å². The first-order valence-electron chi connectivity index (χ1n) is 7.41. The van der Waals surface area contributed by atoms with E-state index in [-0.39, 0.29) is 12.1 Å². The molecular weight excluding hydrogens is 307 g/mol. The summed E-state index contributed by atoms with van der Waals surface area (Å²) in [5.41, 5.74) is 2.52. The molecule has 2 heterocycles. The largest absolute Gasteiger partial charge is 0.338 e. The summed E-state index contributed by atoms with van der Waals surface area (Å²) < 4.78 is 14.0. The van der Waals surface area contributed by atoms with Gasteiger partial charge in [0.2, 0.25) is 0 Å². The Hall–Kier alpha value is -3.15. The normalized spacial score (nSPS) is 10.4. The highest BCUT2D eigenvalue weighted by molar-refractivity contribution is 5.63. The number of aromatic nitrogens is 3. The van der Waals surface area contributed by atoms with Gasteiger partial charge < -0.3 is 10.1 Å². The minimum atomic E-state index is -0.413. The molecule has 0 bridgehead atoms. The number of aryl methyl sites for hydroxylation is 1. The second-order valence-corrected chi connectivity index (χ2v) is 5.27. The van der Waals surface area contributed by atoms with E-state index < -0.39 is 5.82 Å². The summed E-state index contributed by atoms with van der Waals surface area (Å²) >= 11 is 0. The van der Waals surface area contributed by atoms with Crippen LogP contribution >= 0.6 is 0 Å². The Labute approximate surface area is 138 Å². The predicted molar refractivity (Wildman–Crippen MR) is 89.5 cm³/mol. The maximum atomic E-state index is 14.0. The van der Waals surface area contributed by atoms with E-state index in [4.69, 9.17) is 0 Å². The molecule has 1 aromatic carbocycles. The van der Waals surface area contributed by atoms with Gasteiger partial charge in [0, 0.05) is 36.1 Å². The van der Waals surface area contributed by atoms with Gasteiger partial charge in [0.1, 0.15) is 17.9 Å². The Morgan fingerprint density at radius 2 is 2.08 bits per heavy atom. The van der Waals surface area contributed by atoms with Crippen LogP contribution in [-0.4, -0.2) is 21.2 Å². The van der Waals surface area contributed by atoms with Gasteiger partial charge >= 0.3 is 0 Å². The number of carbonyl (C=O) groups excluding carboxylic acids is 1.